The summed E-state index contributed by atoms with van der Waals surface area (Å²) in [6, 6.07) is 5.26. The van der Waals surface area contributed by atoms with Crippen LogP contribution in [0.5, 0.6) is 5.75 Å². The van der Waals surface area contributed by atoms with Gasteiger partial charge < -0.3 is 14.8 Å². The summed E-state index contributed by atoms with van der Waals surface area (Å²) in [5, 5.41) is 19.4. The molecule has 124 valence electrons. The number of aryl methyl sites for hydroxylation is 1. The van der Waals surface area contributed by atoms with E-state index in [0.717, 1.165) is 17.8 Å². The number of hydrogen-bond acceptors (Lipinski definition) is 5. The van der Waals surface area contributed by atoms with Crippen LogP contribution in [0.3, 0.4) is 0 Å². The molecule has 6 heteroatoms. The van der Waals surface area contributed by atoms with E-state index < -0.39 is 0 Å². The third kappa shape index (κ3) is 4.18. The van der Waals surface area contributed by atoms with Gasteiger partial charge in [-0.2, -0.15) is 0 Å². The summed E-state index contributed by atoms with van der Waals surface area (Å²) in [6.07, 6.45) is 3.48. The molecule has 2 heterocycles. The van der Waals surface area contributed by atoms with Crippen LogP contribution in [-0.2, 0) is 13.1 Å². The normalized spacial score (nSPS) is 11.1. The van der Waals surface area contributed by atoms with Crippen molar-refractivity contribution in [2.75, 3.05) is 19.7 Å². The van der Waals surface area contributed by atoms with Crippen molar-refractivity contribution in [3.8, 4) is 5.75 Å². The highest BCUT2D eigenvalue weighted by atomic mass is 16.3. The zero-order chi connectivity index (χ0) is 16.8. The monoisotopic (exact) mass is 317 g/mol. The minimum Gasteiger partial charge on any atom is -0.503 e. The van der Waals surface area contributed by atoms with Gasteiger partial charge in [0.1, 0.15) is 0 Å². The van der Waals surface area contributed by atoms with Gasteiger partial charge in [-0.1, -0.05) is 13.0 Å². The summed E-state index contributed by atoms with van der Waals surface area (Å²) in [5.74, 6) is -0.226. The van der Waals surface area contributed by atoms with Crippen molar-refractivity contribution in [1.29, 1.82) is 0 Å². The zero-order valence-corrected chi connectivity index (χ0v) is 13.6. The van der Waals surface area contributed by atoms with Crippen molar-refractivity contribution in [3.05, 3.63) is 57.8 Å². The van der Waals surface area contributed by atoms with Crippen LogP contribution >= 0.6 is 0 Å². The molecule has 0 saturated heterocycles. The van der Waals surface area contributed by atoms with Crippen LogP contribution in [0.4, 0.5) is 0 Å². The van der Waals surface area contributed by atoms with Crippen LogP contribution in [0.2, 0.25) is 0 Å². The van der Waals surface area contributed by atoms with Gasteiger partial charge in [0.2, 0.25) is 5.43 Å². The van der Waals surface area contributed by atoms with Gasteiger partial charge in [-0.25, -0.2) is 0 Å². The number of pyridine rings is 2. The second kappa shape index (κ2) is 7.89. The number of rotatable bonds is 7. The van der Waals surface area contributed by atoms with Crippen LogP contribution in [0.25, 0.3) is 0 Å². The zero-order valence-electron chi connectivity index (χ0n) is 13.6. The van der Waals surface area contributed by atoms with E-state index in [4.69, 9.17) is 5.11 Å². The lowest BCUT2D eigenvalue weighted by Gasteiger charge is -2.24. The minimum atomic E-state index is -0.375. The summed E-state index contributed by atoms with van der Waals surface area (Å²) in [4.78, 5) is 18.0. The smallest absolute Gasteiger partial charge is 0.223 e. The number of aromatic hydroxyl groups is 1. The van der Waals surface area contributed by atoms with Gasteiger partial charge in [0, 0.05) is 43.8 Å². The molecular formula is C17H23N3O3. The average molecular weight is 317 g/mol. The molecule has 0 aliphatic rings. The average Bonchev–Trinajstić information content (AvgIpc) is 2.56. The predicted octanol–water partition coefficient (Wildman–Crippen LogP) is 1.12. The molecular weight excluding hydrogens is 294 g/mol. The Balaban J connectivity index is 2.43. The Morgan fingerprint density at radius 3 is 2.78 bits per heavy atom. The van der Waals surface area contributed by atoms with Crippen molar-refractivity contribution in [2.24, 2.45) is 0 Å². The molecule has 0 amide bonds. The molecule has 2 rings (SSSR count). The molecule has 0 unspecified atom stereocenters. The largest absolute Gasteiger partial charge is 0.503 e. The fourth-order valence-electron chi connectivity index (χ4n) is 2.58. The number of aromatic nitrogens is 2. The topological polar surface area (TPSA) is 78.6 Å². The Kier molecular flexibility index (Phi) is 5.90. The Morgan fingerprint density at radius 1 is 1.39 bits per heavy atom. The molecule has 0 bridgehead atoms. The van der Waals surface area contributed by atoms with E-state index in [0.29, 0.717) is 25.3 Å². The third-order valence-corrected chi connectivity index (χ3v) is 3.90. The highest BCUT2D eigenvalue weighted by Gasteiger charge is 2.16. The lowest BCUT2D eigenvalue weighted by Crippen LogP contribution is -2.29. The van der Waals surface area contributed by atoms with Crippen LogP contribution in [0.15, 0.2) is 35.4 Å². The fraction of sp³-hybridized carbons (Fsp3) is 0.412. The summed E-state index contributed by atoms with van der Waals surface area (Å²) < 4.78 is 1.92. The second-order valence-electron chi connectivity index (χ2n) is 5.49. The molecule has 2 aromatic heterocycles. The Hall–Kier alpha value is -2.18. The Labute approximate surface area is 135 Å². The maximum Gasteiger partial charge on any atom is 0.223 e. The van der Waals surface area contributed by atoms with E-state index in [1.807, 2.05) is 35.4 Å². The number of nitrogens with zero attached hydrogens (tertiary/aromatic N) is 3. The SMILES string of the molecule is CCN(CCO)Cc1c(O)c(=O)cc(C)n1Cc1cccnc1. The van der Waals surface area contributed by atoms with Gasteiger partial charge in [-0.3, -0.25) is 14.7 Å². The van der Waals surface area contributed by atoms with E-state index in [-0.39, 0.29) is 17.8 Å². The Bertz CT molecular complexity index is 698. The molecule has 23 heavy (non-hydrogen) atoms. The van der Waals surface area contributed by atoms with Crippen LogP contribution in [0.1, 0.15) is 23.9 Å². The maximum atomic E-state index is 11.9. The van der Waals surface area contributed by atoms with Crippen LogP contribution in [0, 0.1) is 6.92 Å². The quantitative estimate of drug-likeness (QED) is 0.800. The van der Waals surface area contributed by atoms with Crippen molar-refractivity contribution >= 4 is 0 Å². The molecule has 0 atom stereocenters. The first-order chi connectivity index (χ1) is 11.1. The molecule has 2 N–H and O–H groups in total. The first-order valence-corrected chi connectivity index (χ1v) is 7.71. The summed E-state index contributed by atoms with van der Waals surface area (Å²) in [6.45, 7) is 6.00. The summed E-state index contributed by atoms with van der Waals surface area (Å²) in [5.41, 5.74) is 1.96. The van der Waals surface area contributed by atoms with E-state index in [1.54, 1.807) is 12.4 Å². The van der Waals surface area contributed by atoms with E-state index in [2.05, 4.69) is 4.98 Å². The molecule has 0 aliphatic carbocycles. The summed E-state index contributed by atoms with van der Waals surface area (Å²) in [7, 11) is 0. The van der Waals surface area contributed by atoms with Crippen molar-refractivity contribution in [1.82, 2.24) is 14.5 Å². The van der Waals surface area contributed by atoms with Gasteiger partial charge >= 0.3 is 0 Å². The van der Waals surface area contributed by atoms with Crippen molar-refractivity contribution in [3.63, 3.8) is 0 Å². The first kappa shape index (κ1) is 17.2. The van der Waals surface area contributed by atoms with Gasteiger partial charge in [0.05, 0.1) is 12.3 Å². The number of aliphatic hydroxyl groups is 1. The Morgan fingerprint density at radius 2 is 2.17 bits per heavy atom. The van der Waals surface area contributed by atoms with E-state index in [9.17, 15) is 9.90 Å². The van der Waals surface area contributed by atoms with Gasteiger partial charge in [0.15, 0.2) is 5.75 Å². The van der Waals surface area contributed by atoms with Gasteiger partial charge in [0.25, 0.3) is 0 Å². The lowest BCUT2D eigenvalue weighted by molar-refractivity contribution is 0.191. The molecule has 0 aromatic carbocycles. The predicted molar refractivity (Wildman–Crippen MR) is 88.5 cm³/mol. The first-order valence-electron chi connectivity index (χ1n) is 7.71. The van der Waals surface area contributed by atoms with E-state index >= 15 is 0 Å². The molecule has 0 radical (unpaired) electrons. The molecule has 0 saturated carbocycles. The minimum absolute atomic E-state index is 0.0350. The highest BCUT2D eigenvalue weighted by molar-refractivity contribution is 5.31. The molecule has 0 aliphatic heterocycles. The van der Waals surface area contributed by atoms with E-state index in [1.165, 1.54) is 6.07 Å². The van der Waals surface area contributed by atoms with Crippen LogP contribution < -0.4 is 5.43 Å². The number of aliphatic hydroxyl groups excluding tert-OH is 1. The standard InChI is InChI=1S/C17H23N3O3/c1-3-19(7-8-21)12-15-17(23)16(22)9-13(2)20(15)11-14-5-4-6-18-10-14/h4-6,9-10,21,23H,3,7-8,11-12H2,1-2H3. The van der Waals surface area contributed by atoms with Crippen molar-refractivity contribution < 1.29 is 10.2 Å². The molecule has 0 fully saturated rings. The summed E-state index contributed by atoms with van der Waals surface area (Å²) >= 11 is 0. The molecule has 0 spiro atoms. The molecule has 6 nitrogen and oxygen atoms in total. The second-order valence-corrected chi connectivity index (χ2v) is 5.49. The third-order valence-electron chi connectivity index (χ3n) is 3.90. The van der Waals surface area contributed by atoms with Crippen LogP contribution in [-0.4, -0.2) is 44.4 Å². The number of hydrogen-bond donors (Lipinski definition) is 2. The fourth-order valence-corrected chi connectivity index (χ4v) is 2.58. The van der Waals surface area contributed by atoms with Crippen molar-refractivity contribution in [2.45, 2.75) is 26.9 Å². The molecule has 2 aromatic rings. The highest BCUT2D eigenvalue weighted by Crippen LogP contribution is 2.18. The number of likely N-dealkylation sites (N-methyl/N-ethyl adjacent to an activating group) is 1. The van der Waals surface area contributed by atoms with Gasteiger partial charge in [-0.15, -0.1) is 0 Å². The van der Waals surface area contributed by atoms with Gasteiger partial charge in [-0.05, 0) is 25.1 Å². The maximum absolute atomic E-state index is 11.9. The lowest BCUT2D eigenvalue weighted by atomic mass is 10.2.